The summed E-state index contributed by atoms with van der Waals surface area (Å²) >= 11 is 0. The fraction of sp³-hybridized carbons (Fsp3) is 0.250. The molecule has 0 unspecified atom stereocenters. The van der Waals surface area contributed by atoms with E-state index in [9.17, 15) is 0 Å². The van der Waals surface area contributed by atoms with Gasteiger partial charge < -0.3 is 0 Å². The van der Waals surface area contributed by atoms with Crippen LogP contribution in [0, 0.1) is 0 Å². The highest BCUT2D eigenvalue weighted by Gasteiger charge is 2.03. The zero-order valence-electron chi connectivity index (χ0n) is 14.8. The van der Waals surface area contributed by atoms with Gasteiger partial charge in [0.2, 0.25) is 0 Å². The van der Waals surface area contributed by atoms with Gasteiger partial charge in [0.15, 0.2) is 0 Å². The molecule has 3 rings (SSSR count). The van der Waals surface area contributed by atoms with Crippen LogP contribution in [-0.2, 0) is 12.8 Å². The second-order valence-electron chi connectivity index (χ2n) is 6.39. The first kappa shape index (κ1) is 16.5. The first-order valence-corrected chi connectivity index (χ1v) is 8.98. The topological polar surface area (TPSA) is 0 Å². The molecule has 0 aliphatic carbocycles. The predicted molar refractivity (Wildman–Crippen MR) is 108 cm³/mol. The van der Waals surface area contributed by atoms with Crippen molar-refractivity contribution in [1.82, 2.24) is 0 Å². The van der Waals surface area contributed by atoms with Gasteiger partial charge in [0, 0.05) is 0 Å². The third-order valence-corrected chi connectivity index (χ3v) is 4.64. The molecule has 0 fully saturated rings. The third kappa shape index (κ3) is 3.76. The monoisotopic (exact) mass is 314 g/mol. The Morgan fingerprint density at radius 2 is 1.08 bits per heavy atom. The summed E-state index contributed by atoms with van der Waals surface area (Å²) in [6, 6.07) is 18.4. The average Bonchev–Trinajstić information content (AvgIpc) is 2.62. The van der Waals surface area contributed by atoms with Crippen molar-refractivity contribution < 1.29 is 0 Å². The molecule has 24 heavy (non-hydrogen) atoms. The van der Waals surface area contributed by atoms with Crippen molar-refractivity contribution in [3.63, 3.8) is 0 Å². The normalized spacial score (nSPS) is 12.1. The van der Waals surface area contributed by atoms with E-state index in [4.69, 9.17) is 0 Å². The maximum absolute atomic E-state index is 2.35. The zero-order valence-corrected chi connectivity index (χ0v) is 14.8. The van der Waals surface area contributed by atoms with Crippen molar-refractivity contribution in [2.45, 2.75) is 39.5 Å². The number of fused-ring (bicyclic) bond motifs is 3. The maximum atomic E-state index is 2.35. The van der Waals surface area contributed by atoms with Gasteiger partial charge in [0.1, 0.15) is 0 Å². The second kappa shape index (κ2) is 7.97. The largest absolute Gasteiger partial charge is 0.0917 e. The van der Waals surface area contributed by atoms with Crippen LogP contribution in [0.15, 0.2) is 72.8 Å². The summed E-state index contributed by atoms with van der Waals surface area (Å²) < 4.78 is 0. The van der Waals surface area contributed by atoms with E-state index in [-0.39, 0.29) is 0 Å². The SMILES string of the molecule is C/C=C/CCc1ccc2c(ccc3cc(CC/C=C/C)ccc32)c1. The molecule has 3 aromatic rings. The van der Waals surface area contributed by atoms with E-state index in [1.54, 1.807) is 0 Å². The fourth-order valence-electron chi connectivity index (χ4n) is 3.31. The van der Waals surface area contributed by atoms with Crippen LogP contribution in [0.5, 0.6) is 0 Å². The van der Waals surface area contributed by atoms with Crippen LogP contribution in [0.2, 0.25) is 0 Å². The van der Waals surface area contributed by atoms with Gasteiger partial charge in [0.05, 0.1) is 0 Å². The van der Waals surface area contributed by atoms with E-state index in [0.717, 1.165) is 25.7 Å². The lowest BCUT2D eigenvalue weighted by Crippen LogP contribution is -1.87. The number of rotatable bonds is 6. The quantitative estimate of drug-likeness (QED) is 0.339. The van der Waals surface area contributed by atoms with Gasteiger partial charge in [-0.1, -0.05) is 72.8 Å². The van der Waals surface area contributed by atoms with E-state index in [0.29, 0.717) is 0 Å². The molecular weight excluding hydrogens is 288 g/mol. The number of hydrogen-bond acceptors (Lipinski definition) is 0. The van der Waals surface area contributed by atoms with E-state index >= 15 is 0 Å². The van der Waals surface area contributed by atoms with Gasteiger partial charge in [0.25, 0.3) is 0 Å². The van der Waals surface area contributed by atoms with E-state index in [1.165, 1.54) is 32.7 Å². The number of hydrogen-bond donors (Lipinski definition) is 0. The van der Waals surface area contributed by atoms with Crippen LogP contribution in [0.4, 0.5) is 0 Å². The fourth-order valence-corrected chi connectivity index (χ4v) is 3.31. The van der Waals surface area contributed by atoms with Crippen LogP contribution in [-0.4, -0.2) is 0 Å². The summed E-state index contributed by atoms with van der Waals surface area (Å²) in [6.45, 7) is 4.17. The minimum Gasteiger partial charge on any atom is -0.0917 e. The average molecular weight is 314 g/mol. The van der Waals surface area contributed by atoms with Crippen LogP contribution >= 0.6 is 0 Å². The van der Waals surface area contributed by atoms with Gasteiger partial charge in [-0.25, -0.2) is 0 Å². The molecule has 0 aromatic heterocycles. The molecule has 0 N–H and O–H groups in total. The van der Waals surface area contributed by atoms with E-state index < -0.39 is 0 Å². The molecule has 0 amide bonds. The van der Waals surface area contributed by atoms with Crippen molar-refractivity contribution in [2.24, 2.45) is 0 Å². The number of benzene rings is 3. The van der Waals surface area contributed by atoms with Crippen molar-refractivity contribution >= 4 is 21.5 Å². The van der Waals surface area contributed by atoms with Gasteiger partial charge in [-0.05, 0) is 72.2 Å². The Morgan fingerprint density at radius 3 is 1.50 bits per heavy atom. The second-order valence-corrected chi connectivity index (χ2v) is 6.39. The van der Waals surface area contributed by atoms with Crippen molar-refractivity contribution in [3.05, 3.63) is 84.0 Å². The molecule has 0 saturated carbocycles. The Hall–Kier alpha value is -2.34. The summed E-state index contributed by atoms with van der Waals surface area (Å²) in [4.78, 5) is 0. The van der Waals surface area contributed by atoms with E-state index in [2.05, 4.69) is 86.7 Å². The molecule has 0 radical (unpaired) electrons. The Morgan fingerprint density at radius 1 is 0.625 bits per heavy atom. The minimum absolute atomic E-state index is 1.11. The van der Waals surface area contributed by atoms with Crippen molar-refractivity contribution in [3.8, 4) is 0 Å². The molecule has 0 aliphatic rings. The molecule has 0 saturated heterocycles. The van der Waals surface area contributed by atoms with Crippen LogP contribution in [0.25, 0.3) is 21.5 Å². The summed E-state index contributed by atoms with van der Waals surface area (Å²) in [5.74, 6) is 0. The lowest BCUT2D eigenvalue weighted by atomic mass is 9.96. The van der Waals surface area contributed by atoms with Crippen LogP contribution in [0.3, 0.4) is 0 Å². The lowest BCUT2D eigenvalue weighted by Gasteiger charge is -2.08. The molecule has 0 bridgehead atoms. The van der Waals surface area contributed by atoms with Gasteiger partial charge in [-0.2, -0.15) is 0 Å². The summed E-state index contributed by atoms with van der Waals surface area (Å²) in [5, 5.41) is 5.42. The molecular formula is C24H26. The van der Waals surface area contributed by atoms with Gasteiger partial charge in [-0.15, -0.1) is 0 Å². The zero-order chi connectivity index (χ0) is 16.8. The van der Waals surface area contributed by atoms with Gasteiger partial charge in [-0.3, -0.25) is 0 Å². The van der Waals surface area contributed by atoms with Crippen molar-refractivity contribution in [1.29, 1.82) is 0 Å². The molecule has 0 nitrogen and oxygen atoms in total. The van der Waals surface area contributed by atoms with Crippen LogP contribution in [0.1, 0.15) is 37.8 Å². The maximum Gasteiger partial charge on any atom is -0.0105 e. The Bertz CT molecular complexity index is 806. The number of allylic oxidation sites excluding steroid dienone is 4. The molecule has 0 spiro atoms. The van der Waals surface area contributed by atoms with Gasteiger partial charge >= 0.3 is 0 Å². The standard InChI is InChI=1S/C24H26/c1-3-5-7-9-19-11-15-23-21(17-19)13-14-22-18-20(10-8-6-4-2)12-16-24(22)23/h3-6,11-18H,7-10H2,1-2H3/b5-3+,6-4+. The molecule has 0 heterocycles. The third-order valence-electron chi connectivity index (χ3n) is 4.64. The predicted octanol–water partition coefficient (Wildman–Crippen LogP) is 7.01. The summed E-state index contributed by atoms with van der Waals surface area (Å²) in [6.07, 6.45) is 13.2. The van der Waals surface area contributed by atoms with Crippen molar-refractivity contribution in [2.75, 3.05) is 0 Å². The molecule has 3 aromatic carbocycles. The molecule has 0 aliphatic heterocycles. The highest BCUT2D eigenvalue weighted by molar-refractivity contribution is 6.07. The Kier molecular flexibility index (Phi) is 5.48. The smallest absolute Gasteiger partial charge is 0.0105 e. The minimum atomic E-state index is 1.11. The molecule has 122 valence electrons. The summed E-state index contributed by atoms with van der Waals surface area (Å²) in [5.41, 5.74) is 2.84. The lowest BCUT2D eigenvalue weighted by molar-refractivity contribution is 1.00. The molecule has 0 heteroatoms. The molecule has 0 atom stereocenters. The number of aryl methyl sites for hydroxylation is 2. The van der Waals surface area contributed by atoms with Crippen LogP contribution < -0.4 is 0 Å². The Labute approximate surface area is 145 Å². The van der Waals surface area contributed by atoms with E-state index in [1.807, 2.05) is 0 Å². The highest BCUT2D eigenvalue weighted by Crippen LogP contribution is 2.27. The highest BCUT2D eigenvalue weighted by atomic mass is 14.1. The first-order chi connectivity index (χ1) is 11.8. The first-order valence-electron chi connectivity index (χ1n) is 8.98. The summed E-state index contributed by atoms with van der Waals surface area (Å²) in [7, 11) is 0. The Balaban J connectivity index is 1.92.